The molecule has 1 heteroatoms. The predicted molar refractivity (Wildman–Crippen MR) is 123 cm³/mol. The summed E-state index contributed by atoms with van der Waals surface area (Å²) in [6.45, 7) is 4.48. The lowest BCUT2D eigenvalue weighted by atomic mass is 9.90. The lowest BCUT2D eigenvalue weighted by molar-refractivity contribution is 0.557. The first-order chi connectivity index (χ1) is 14.3. The molecular formula is C28H26O. The normalized spacial score (nSPS) is 13.0. The Labute approximate surface area is 172 Å². The molecule has 0 unspecified atom stereocenters. The van der Waals surface area contributed by atoms with Crippen LogP contribution in [0, 0.1) is 0 Å². The molecule has 1 nitrogen and oxygen atoms in total. The summed E-state index contributed by atoms with van der Waals surface area (Å²) in [6.07, 6.45) is 8.52. The van der Waals surface area contributed by atoms with Crippen molar-refractivity contribution in [3.8, 4) is 11.1 Å². The van der Waals surface area contributed by atoms with Gasteiger partial charge in [-0.15, -0.1) is 0 Å². The summed E-state index contributed by atoms with van der Waals surface area (Å²) in [4.78, 5) is 0. The van der Waals surface area contributed by atoms with Gasteiger partial charge in [0.15, 0.2) is 0 Å². The van der Waals surface area contributed by atoms with Gasteiger partial charge in [0.2, 0.25) is 0 Å². The molecule has 4 aromatic rings. The van der Waals surface area contributed by atoms with Crippen LogP contribution in [0.3, 0.4) is 0 Å². The fourth-order valence-corrected chi connectivity index (χ4v) is 4.61. The zero-order chi connectivity index (χ0) is 19.8. The quantitative estimate of drug-likeness (QED) is 0.346. The van der Waals surface area contributed by atoms with Crippen LogP contribution in [0.4, 0.5) is 0 Å². The molecule has 0 aliphatic heterocycles. The number of hydrogen-bond acceptors (Lipinski definition) is 1. The predicted octanol–water partition coefficient (Wildman–Crippen LogP) is 7.71. The smallest absolute Gasteiger partial charge is 0.138 e. The monoisotopic (exact) mass is 378 g/mol. The highest BCUT2D eigenvalue weighted by Crippen LogP contribution is 2.41. The van der Waals surface area contributed by atoms with Crippen molar-refractivity contribution >= 4 is 22.4 Å². The molecule has 0 fully saturated rings. The van der Waals surface area contributed by atoms with Gasteiger partial charge in [-0.25, -0.2) is 0 Å². The summed E-state index contributed by atoms with van der Waals surface area (Å²) in [5.41, 5.74) is 9.57. The standard InChI is InChI=1S/C28H26O/c1-3-7-19-10-12-21(13-11-19)27-20(4-2)14-15-22-16-24(17-26(22)27)28-25-9-6-5-8-23(25)18-29-28/h5-6,8-15,17-18H,3-4,7,16H2,1-2H3. The minimum atomic E-state index is 0.928. The number of aryl methyl sites for hydroxylation is 2. The summed E-state index contributed by atoms with van der Waals surface area (Å²) in [5, 5.41) is 2.37. The first kappa shape index (κ1) is 18.0. The molecule has 1 aromatic heterocycles. The molecular weight excluding hydrogens is 352 g/mol. The Kier molecular flexibility index (Phi) is 4.60. The van der Waals surface area contributed by atoms with Gasteiger partial charge in [-0.05, 0) is 52.3 Å². The van der Waals surface area contributed by atoms with Crippen LogP contribution in [-0.4, -0.2) is 0 Å². The van der Waals surface area contributed by atoms with E-state index in [1.807, 2.05) is 6.26 Å². The molecule has 0 spiro atoms. The maximum absolute atomic E-state index is 6.01. The van der Waals surface area contributed by atoms with Crippen molar-refractivity contribution in [3.05, 3.63) is 94.9 Å². The van der Waals surface area contributed by atoms with Crippen molar-refractivity contribution in [3.63, 3.8) is 0 Å². The molecule has 0 bridgehead atoms. The van der Waals surface area contributed by atoms with Crippen LogP contribution in [0.1, 0.15) is 48.3 Å². The van der Waals surface area contributed by atoms with E-state index >= 15 is 0 Å². The highest BCUT2D eigenvalue weighted by atomic mass is 16.3. The lowest BCUT2D eigenvalue weighted by Gasteiger charge is -2.14. The molecule has 1 aliphatic rings. The summed E-state index contributed by atoms with van der Waals surface area (Å²) < 4.78 is 6.01. The molecule has 0 atom stereocenters. The van der Waals surface area contributed by atoms with Crippen molar-refractivity contribution in [1.82, 2.24) is 0 Å². The van der Waals surface area contributed by atoms with E-state index in [0.717, 1.165) is 25.0 Å². The second-order valence-corrected chi connectivity index (χ2v) is 7.97. The van der Waals surface area contributed by atoms with Crippen LogP contribution in [0.5, 0.6) is 0 Å². The Morgan fingerprint density at radius 3 is 2.52 bits per heavy atom. The van der Waals surface area contributed by atoms with Gasteiger partial charge < -0.3 is 4.42 Å². The van der Waals surface area contributed by atoms with Gasteiger partial charge in [0.05, 0.1) is 6.26 Å². The van der Waals surface area contributed by atoms with Crippen LogP contribution in [0.15, 0.2) is 71.3 Å². The van der Waals surface area contributed by atoms with Crippen molar-refractivity contribution < 1.29 is 4.42 Å². The molecule has 144 valence electrons. The van der Waals surface area contributed by atoms with Gasteiger partial charge in [-0.1, -0.05) is 80.9 Å². The van der Waals surface area contributed by atoms with Gasteiger partial charge in [-0.3, -0.25) is 0 Å². The van der Waals surface area contributed by atoms with Crippen LogP contribution in [-0.2, 0) is 19.3 Å². The third-order valence-corrected chi connectivity index (χ3v) is 6.08. The molecule has 5 rings (SSSR count). The van der Waals surface area contributed by atoms with E-state index in [9.17, 15) is 0 Å². The molecule has 1 heterocycles. The zero-order valence-electron chi connectivity index (χ0n) is 17.2. The second-order valence-electron chi connectivity index (χ2n) is 7.97. The van der Waals surface area contributed by atoms with E-state index in [0.29, 0.717) is 0 Å². The van der Waals surface area contributed by atoms with Gasteiger partial charge in [0, 0.05) is 22.8 Å². The Bertz CT molecular complexity index is 1210. The number of fused-ring (bicyclic) bond motifs is 2. The largest absolute Gasteiger partial charge is 0.463 e. The molecule has 0 N–H and O–H groups in total. The van der Waals surface area contributed by atoms with Gasteiger partial charge in [-0.2, -0.15) is 0 Å². The van der Waals surface area contributed by atoms with Crippen molar-refractivity contribution in [2.24, 2.45) is 0 Å². The van der Waals surface area contributed by atoms with E-state index in [2.05, 4.69) is 80.6 Å². The number of allylic oxidation sites excluding steroid dienone is 1. The third-order valence-electron chi connectivity index (χ3n) is 6.08. The molecule has 0 radical (unpaired) electrons. The average Bonchev–Trinajstić information content (AvgIpc) is 3.37. The average molecular weight is 379 g/mol. The minimum Gasteiger partial charge on any atom is -0.463 e. The van der Waals surface area contributed by atoms with Crippen molar-refractivity contribution in [2.45, 2.75) is 39.5 Å². The fourth-order valence-electron chi connectivity index (χ4n) is 4.61. The fraction of sp³-hybridized carbons (Fsp3) is 0.214. The Morgan fingerprint density at radius 1 is 0.897 bits per heavy atom. The summed E-state index contributed by atoms with van der Waals surface area (Å²) in [6, 6.07) is 22.2. The Morgan fingerprint density at radius 2 is 1.72 bits per heavy atom. The van der Waals surface area contributed by atoms with E-state index in [4.69, 9.17) is 4.42 Å². The van der Waals surface area contributed by atoms with E-state index in [-0.39, 0.29) is 0 Å². The number of rotatable bonds is 5. The number of benzene rings is 3. The minimum absolute atomic E-state index is 0.928. The second kappa shape index (κ2) is 7.40. The van der Waals surface area contributed by atoms with Crippen LogP contribution < -0.4 is 0 Å². The SMILES string of the molecule is CCCc1ccc(-c2c(CC)ccc3c2C=C(c2occ4ccccc24)C3)cc1. The highest BCUT2D eigenvalue weighted by Gasteiger charge is 2.22. The Balaban J connectivity index is 1.63. The maximum Gasteiger partial charge on any atom is 0.138 e. The van der Waals surface area contributed by atoms with Gasteiger partial charge in [0.1, 0.15) is 5.76 Å². The molecule has 0 amide bonds. The lowest BCUT2D eigenvalue weighted by Crippen LogP contribution is -1.95. The molecule has 29 heavy (non-hydrogen) atoms. The zero-order valence-corrected chi connectivity index (χ0v) is 17.2. The van der Waals surface area contributed by atoms with E-state index in [1.54, 1.807) is 0 Å². The topological polar surface area (TPSA) is 13.1 Å². The summed E-state index contributed by atoms with van der Waals surface area (Å²) in [5.74, 6) is 1.01. The van der Waals surface area contributed by atoms with Crippen LogP contribution in [0.2, 0.25) is 0 Å². The third kappa shape index (κ3) is 3.11. The first-order valence-electron chi connectivity index (χ1n) is 10.7. The van der Waals surface area contributed by atoms with Gasteiger partial charge in [0.25, 0.3) is 0 Å². The molecule has 1 aliphatic carbocycles. The van der Waals surface area contributed by atoms with Crippen molar-refractivity contribution in [1.29, 1.82) is 0 Å². The number of furan rings is 1. The van der Waals surface area contributed by atoms with E-state index < -0.39 is 0 Å². The Hall–Kier alpha value is -3.06. The summed E-state index contributed by atoms with van der Waals surface area (Å²) >= 11 is 0. The maximum atomic E-state index is 6.01. The molecule has 0 saturated heterocycles. The van der Waals surface area contributed by atoms with E-state index in [1.165, 1.54) is 56.1 Å². The number of hydrogen-bond donors (Lipinski definition) is 0. The summed E-state index contributed by atoms with van der Waals surface area (Å²) in [7, 11) is 0. The highest BCUT2D eigenvalue weighted by molar-refractivity contribution is 6.00. The van der Waals surface area contributed by atoms with Crippen molar-refractivity contribution in [2.75, 3.05) is 0 Å². The van der Waals surface area contributed by atoms with Crippen LogP contribution >= 0.6 is 0 Å². The molecule has 3 aromatic carbocycles. The van der Waals surface area contributed by atoms with Gasteiger partial charge >= 0.3 is 0 Å². The molecule has 0 saturated carbocycles. The van der Waals surface area contributed by atoms with Crippen LogP contribution in [0.25, 0.3) is 33.5 Å². The first-order valence-corrected chi connectivity index (χ1v) is 10.7.